The lowest BCUT2D eigenvalue weighted by Gasteiger charge is -2.10. The minimum Gasteiger partial charge on any atom is -0.260 e. The van der Waals surface area contributed by atoms with Crippen LogP contribution in [0.15, 0.2) is 0 Å². The molecule has 0 heterocycles. The quantitative estimate of drug-likeness (QED) is 0.569. The molecule has 2 unspecified atom stereocenters. The number of rotatable bonds is 6. The van der Waals surface area contributed by atoms with E-state index in [0.29, 0.717) is 5.25 Å². The SMILES string of the molecule is CCCCCC(CC)S(C)=O. The number of hydrogen-bond acceptors (Lipinski definition) is 1. The van der Waals surface area contributed by atoms with Crippen LogP contribution in [-0.2, 0) is 10.8 Å². The molecular weight excluding hydrogens is 156 g/mol. The van der Waals surface area contributed by atoms with Crippen molar-refractivity contribution in [3.63, 3.8) is 0 Å². The molecule has 0 aliphatic rings. The smallest absolute Gasteiger partial charge is 0.0342 e. The van der Waals surface area contributed by atoms with Crippen LogP contribution >= 0.6 is 0 Å². The normalized spacial score (nSPS) is 16.3. The summed E-state index contributed by atoms with van der Waals surface area (Å²) in [5.41, 5.74) is 0. The zero-order valence-corrected chi connectivity index (χ0v) is 8.75. The second-order valence-corrected chi connectivity index (χ2v) is 4.69. The van der Waals surface area contributed by atoms with Gasteiger partial charge in [0.05, 0.1) is 0 Å². The molecule has 0 aromatic carbocycles. The monoisotopic (exact) mass is 176 g/mol. The minimum absolute atomic E-state index is 0.446. The standard InChI is InChI=1S/C9H20OS/c1-4-6-7-8-9(5-2)11(3)10/h9H,4-8H2,1-3H3. The fourth-order valence-corrected chi connectivity index (χ4v) is 2.19. The Bertz CT molecular complexity index is 112. The summed E-state index contributed by atoms with van der Waals surface area (Å²) in [7, 11) is -0.607. The minimum atomic E-state index is -0.607. The molecule has 11 heavy (non-hydrogen) atoms. The highest BCUT2D eigenvalue weighted by molar-refractivity contribution is 7.84. The molecule has 0 aromatic heterocycles. The summed E-state index contributed by atoms with van der Waals surface area (Å²) in [5.74, 6) is 0. The van der Waals surface area contributed by atoms with Crippen LogP contribution in [0.4, 0.5) is 0 Å². The van der Waals surface area contributed by atoms with Gasteiger partial charge in [0.2, 0.25) is 0 Å². The average molecular weight is 176 g/mol. The molecule has 0 saturated heterocycles. The summed E-state index contributed by atoms with van der Waals surface area (Å²) in [6.45, 7) is 4.32. The first-order valence-corrected chi connectivity index (χ1v) is 6.16. The van der Waals surface area contributed by atoms with Gasteiger partial charge >= 0.3 is 0 Å². The van der Waals surface area contributed by atoms with Gasteiger partial charge in [0.1, 0.15) is 0 Å². The average Bonchev–Trinajstić information content (AvgIpc) is 1.97. The lowest BCUT2D eigenvalue weighted by Crippen LogP contribution is -2.12. The van der Waals surface area contributed by atoms with Gasteiger partial charge in [-0.1, -0.05) is 33.1 Å². The zero-order valence-electron chi connectivity index (χ0n) is 7.93. The van der Waals surface area contributed by atoms with Crippen molar-refractivity contribution in [2.75, 3.05) is 6.26 Å². The van der Waals surface area contributed by atoms with Gasteiger partial charge in [-0.3, -0.25) is 4.21 Å². The molecule has 0 aliphatic carbocycles. The maximum absolute atomic E-state index is 11.1. The molecule has 1 nitrogen and oxygen atoms in total. The van der Waals surface area contributed by atoms with Crippen molar-refractivity contribution in [3.05, 3.63) is 0 Å². The molecule has 0 bridgehead atoms. The van der Waals surface area contributed by atoms with Crippen molar-refractivity contribution in [1.29, 1.82) is 0 Å². The molecule has 0 radical (unpaired) electrons. The first-order chi connectivity index (χ1) is 5.22. The highest BCUT2D eigenvalue weighted by Crippen LogP contribution is 2.10. The van der Waals surface area contributed by atoms with Crippen molar-refractivity contribution >= 4 is 10.8 Å². The van der Waals surface area contributed by atoms with Crippen molar-refractivity contribution in [3.8, 4) is 0 Å². The number of hydrogen-bond donors (Lipinski definition) is 0. The fraction of sp³-hybridized carbons (Fsp3) is 1.00. The summed E-state index contributed by atoms with van der Waals surface area (Å²) in [4.78, 5) is 0. The highest BCUT2D eigenvalue weighted by Gasteiger charge is 2.08. The van der Waals surface area contributed by atoms with Gasteiger partial charge in [0.15, 0.2) is 0 Å². The second kappa shape index (κ2) is 6.84. The molecule has 0 aliphatic heterocycles. The van der Waals surface area contributed by atoms with Crippen molar-refractivity contribution in [2.45, 2.75) is 51.2 Å². The van der Waals surface area contributed by atoms with E-state index in [-0.39, 0.29) is 0 Å². The van der Waals surface area contributed by atoms with Crippen molar-refractivity contribution < 1.29 is 4.21 Å². The molecule has 2 heteroatoms. The second-order valence-electron chi connectivity index (χ2n) is 3.02. The Balaban J connectivity index is 3.44. The summed E-state index contributed by atoms with van der Waals surface area (Å²) in [6, 6.07) is 0. The third kappa shape index (κ3) is 5.42. The predicted molar refractivity (Wildman–Crippen MR) is 52.3 cm³/mol. The van der Waals surface area contributed by atoms with E-state index >= 15 is 0 Å². The van der Waals surface area contributed by atoms with Crippen LogP contribution < -0.4 is 0 Å². The predicted octanol–water partition coefficient (Wildman–Crippen LogP) is 2.72. The summed E-state index contributed by atoms with van der Waals surface area (Å²) in [6.07, 6.45) is 7.81. The Kier molecular flexibility index (Phi) is 6.93. The number of unbranched alkanes of at least 4 members (excludes halogenated alkanes) is 2. The van der Waals surface area contributed by atoms with Crippen LogP contribution in [0.3, 0.4) is 0 Å². The fourth-order valence-electron chi connectivity index (χ4n) is 1.23. The lowest BCUT2D eigenvalue weighted by atomic mass is 10.1. The van der Waals surface area contributed by atoms with Crippen molar-refractivity contribution in [2.24, 2.45) is 0 Å². The van der Waals surface area contributed by atoms with E-state index in [0.717, 1.165) is 12.8 Å². The van der Waals surface area contributed by atoms with E-state index in [2.05, 4.69) is 13.8 Å². The highest BCUT2D eigenvalue weighted by atomic mass is 32.2. The first-order valence-electron chi connectivity index (χ1n) is 4.54. The van der Waals surface area contributed by atoms with E-state index in [1.54, 1.807) is 0 Å². The van der Waals surface area contributed by atoms with Gasteiger partial charge in [-0.05, 0) is 12.8 Å². The summed E-state index contributed by atoms with van der Waals surface area (Å²) >= 11 is 0. The largest absolute Gasteiger partial charge is 0.260 e. The van der Waals surface area contributed by atoms with Crippen LogP contribution in [0.1, 0.15) is 46.0 Å². The van der Waals surface area contributed by atoms with Crippen LogP contribution in [0.2, 0.25) is 0 Å². The molecule has 0 fully saturated rings. The molecule has 2 atom stereocenters. The van der Waals surface area contributed by atoms with Gasteiger partial charge in [0, 0.05) is 22.3 Å². The van der Waals surface area contributed by atoms with E-state index in [9.17, 15) is 4.21 Å². The van der Waals surface area contributed by atoms with Crippen molar-refractivity contribution in [1.82, 2.24) is 0 Å². The van der Waals surface area contributed by atoms with Gasteiger partial charge in [-0.2, -0.15) is 0 Å². The van der Waals surface area contributed by atoms with Gasteiger partial charge < -0.3 is 0 Å². The maximum atomic E-state index is 11.1. The molecule has 0 saturated carbocycles. The van der Waals surface area contributed by atoms with Crippen LogP contribution in [0.5, 0.6) is 0 Å². The van der Waals surface area contributed by atoms with Crippen LogP contribution in [0.25, 0.3) is 0 Å². The van der Waals surface area contributed by atoms with Gasteiger partial charge in [0.25, 0.3) is 0 Å². The molecule has 0 N–H and O–H groups in total. The maximum Gasteiger partial charge on any atom is 0.0342 e. The van der Waals surface area contributed by atoms with E-state index in [1.807, 2.05) is 6.26 Å². The molecule has 0 amide bonds. The van der Waals surface area contributed by atoms with Gasteiger partial charge in [-0.25, -0.2) is 0 Å². The Morgan fingerprint density at radius 1 is 1.27 bits per heavy atom. The molecule has 0 aromatic rings. The third-order valence-corrected chi connectivity index (χ3v) is 3.56. The van der Waals surface area contributed by atoms with E-state index < -0.39 is 10.8 Å². The Hall–Kier alpha value is 0.150. The van der Waals surface area contributed by atoms with Crippen LogP contribution in [-0.4, -0.2) is 15.7 Å². The van der Waals surface area contributed by atoms with Crippen LogP contribution in [0, 0.1) is 0 Å². The summed E-state index contributed by atoms with van der Waals surface area (Å²) < 4.78 is 11.1. The molecule has 68 valence electrons. The lowest BCUT2D eigenvalue weighted by molar-refractivity contribution is 0.611. The molecular formula is C9H20OS. The molecule has 0 rings (SSSR count). The Labute approximate surface area is 73.0 Å². The summed E-state index contributed by atoms with van der Waals surface area (Å²) in [5, 5.41) is 0.446. The zero-order chi connectivity index (χ0) is 8.69. The topological polar surface area (TPSA) is 17.1 Å². The van der Waals surface area contributed by atoms with E-state index in [1.165, 1.54) is 19.3 Å². The van der Waals surface area contributed by atoms with Gasteiger partial charge in [-0.15, -0.1) is 0 Å². The third-order valence-electron chi connectivity index (χ3n) is 2.05. The Morgan fingerprint density at radius 3 is 2.27 bits per heavy atom. The van der Waals surface area contributed by atoms with E-state index in [4.69, 9.17) is 0 Å². The first kappa shape index (κ1) is 11.2. The Morgan fingerprint density at radius 2 is 1.91 bits per heavy atom. The molecule has 0 spiro atoms.